The number of nitrogens with zero attached hydrogens (tertiary/aromatic N) is 1. The van der Waals surface area contributed by atoms with Gasteiger partial charge >= 0.3 is 0 Å². The number of anilines is 1. The van der Waals surface area contributed by atoms with Gasteiger partial charge in [-0.3, -0.25) is 4.79 Å². The third kappa shape index (κ3) is 2.83. The molecular weight excluding hydrogens is 410 g/mol. The van der Waals surface area contributed by atoms with Crippen LogP contribution in [0.3, 0.4) is 0 Å². The molecule has 0 aromatic heterocycles. The first-order valence-electron chi connectivity index (χ1n) is 7.89. The van der Waals surface area contributed by atoms with E-state index >= 15 is 0 Å². The van der Waals surface area contributed by atoms with Crippen molar-refractivity contribution in [2.75, 3.05) is 31.3 Å². The van der Waals surface area contributed by atoms with Crippen molar-refractivity contribution in [1.82, 2.24) is 0 Å². The first kappa shape index (κ1) is 16.8. The van der Waals surface area contributed by atoms with Gasteiger partial charge in [0.15, 0.2) is 0 Å². The van der Waals surface area contributed by atoms with Crippen LogP contribution in [0.2, 0.25) is 5.02 Å². The number of carbonyl (C=O) groups excluding carboxylic acids is 1. The summed E-state index contributed by atoms with van der Waals surface area (Å²) in [6.07, 6.45) is 0. The Morgan fingerprint density at radius 3 is 2.72 bits per heavy atom. The number of hydrogen-bond acceptors (Lipinski definition) is 4. The van der Waals surface area contributed by atoms with Gasteiger partial charge in [0, 0.05) is 10.0 Å². The number of carbonyl (C=O) groups is 1. The fourth-order valence-corrected chi connectivity index (χ4v) is 3.68. The quantitative estimate of drug-likeness (QED) is 0.750. The predicted molar refractivity (Wildman–Crippen MR) is 97.0 cm³/mol. The third-order valence-electron chi connectivity index (χ3n) is 4.23. The van der Waals surface area contributed by atoms with Gasteiger partial charge in [-0.05, 0) is 30.3 Å². The molecule has 2 aromatic carbocycles. The highest BCUT2D eigenvalue weighted by Crippen LogP contribution is 2.46. The summed E-state index contributed by atoms with van der Waals surface area (Å²) in [6, 6.07) is 12.9. The van der Waals surface area contributed by atoms with Gasteiger partial charge in [-0.1, -0.05) is 39.7 Å². The van der Waals surface area contributed by atoms with E-state index in [4.69, 9.17) is 25.8 Å². The molecule has 0 N–H and O–H groups in total. The summed E-state index contributed by atoms with van der Waals surface area (Å²) in [7, 11) is 0. The largest absolute Gasteiger partial charge is 0.490 e. The average Bonchev–Trinajstić information content (AvgIpc) is 3.18. The van der Waals surface area contributed by atoms with Gasteiger partial charge in [0.25, 0.3) is 11.7 Å². The lowest BCUT2D eigenvalue weighted by molar-refractivity contribution is -0.180. The minimum Gasteiger partial charge on any atom is -0.490 e. The topological polar surface area (TPSA) is 48.0 Å². The highest BCUT2D eigenvalue weighted by atomic mass is 79.9. The number of hydrogen-bond donors (Lipinski definition) is 0. The van der Waals surface area contributed by atoms with Gasteiger partial charge in [-0.2, -0.15) is 0 Å². The smallest absolute Gasteiger partial charge is 0.292 e. The zero-order valence-electron chi connectivity index (χ0n) is 13.2. The van der Waals surface area contributed by atoms with Crippen molar-refractivity contribution in [3.63, 3.8) is 0 Å². The number of ether oxygens (including phenoxy) is 3. The van der Waals surface area contributed by atoms with Crippen LogP contribution in [-0.2, 0) is 20.1 Å². The van der Waals surface area contributed by atoms with Crippen LogP contribution in [0.25, 0.3) is 0 Å². The van der Waals surface area contributed by atoms with E-state index in [-0.39, 0.29) is 5.91 Å². The maximum Gasteiger partial charge on any atom is 0.292 e. The van der Waals surface area contributed by atoms with Crippen LogP contribution >= 0.6 is 27.5 Å². The molecule has 0 atom stereocenters. The minimum absolute atomic E-state index is 0.221. The SMILES string of the molecule is O=C1N(CCOc2ccccc2Cl)c2ccc(Br)cc2C12OCCO2. The molecule has 2 aliphatic rings. The maximum absolute atomic E-state index is 13.0. The molecule has 0 saturated carbocycles. The zero-order valence-corrected chi connectivity index (χ0v) is 15.5. The van der Waals surface area contributed by atoms with E-state index in [9.17, 15) is 4.79 Å². The van der Waals surface area contributed by atoms with E-state index in [1.165, 1.54) is 0 Å². The van der Waals surface area contributed by atoms with Gasteiger partial charge in [0.05, 0.1) is 30.5 Å². The van der Waals surface area contributed by atoms with Crippen LogP contribution in [0.4, 0.5) is 5.69 Å². The van der Waals surface area contributed by atoms with Crippen molar-refractivity contribution in [3.05, 3.63) is 57.5 Å². The Labute approximate surface area is 158 Å². The first-order chi connectivity index (χ1) is 12.1. The molecule has 7 heteroatoms. The highest BCUT2D eigenvalue weighted by molar-refractivity contribution is 9.10. The molecule has 2 aliphatic heterocycles. The molecule has 2 heterocycles. The van der Waals surface area contributed by atoms with Crippen molar-refractivity contribution in [1.29, 1.82) is 0 Å². The molecule has 25 heavy (non-hydrogen) atoms. The lowest BCUT2D eigenvalue weighted by Gasteiger charge is -2.22. The normalized spacial score (nSPS) is 18.0. The number of halogens is 2. The molecular formula is C18H15BrClNO4. The summed E-state index contributed by atoms with van der Waals surface area (Å²) in [5, 5.41) is 0.540. The molecule has 1 fully saturated rings. The Hall–Kier alpha value is -1.60. The first-order valence-corrected chi connectivity index (χ1v) is 9.06. The Balaban J connectivity index is 1.56. The van der Waals surface area contributed by atoms with Gasteiger partial charge < -0.3 is 19.1 Å². The molecule has 5 nitrogen and oxygen atoms in total. The van der Waals surface area contributed by atoms with Crippen LogP contribution in [-0.4, -0.2) is 32.3 Å². The summed E-state index contributed by atoms with van der Waals surface area (Å²) in [5.41, 5.74) is 1.50. The van der Waals surface area contributed by atoms with Crippen LogP contribution in [0.5, 0.6) is 5.75 Å². The van der Waals surface area contributed by atoms with Crippen molar-refractivity contribution in [2.24, 2.45) is 0 Å². The number of para-hydroxylation sites is 1. The fraction of sp³-hybridized carbons (Fsp3) is 0.278. The summed E-state index contributed by atoms with van der Waals surface area (Å²) >= 11 is 9.54. The van der Waals surface area contributed by atoms with Gasteiger partial charge in [0.2, 0.25) is 0 Å². The predicted octanol–water partition coefficient (Wildman–Crippen LogP) is 3.73. The van der Waals surface area contributed by atoms with Crippen molar-refractivity contribution >= 4 is 39.1 Å². The maximum atomic E-state index is 13.0. The molecule has 4 rings (SSSR count). The molecule has 0 unspecified atom stereocenters. The molecule has 1 amide bonds. The fourth-order valence-electron chi connectivity index (χ4n) is 3.13. The van der Waals surface area contributed by atoms with E-state index in [1.807, 2.05) is 30.3 Å². The minimum atomic E-state index is -1.33. The van der Waals surface area contributed by atoms with E-state index in [0.29, 0.717) is 37.1 Å². The van der Waals surface area contributed by atoms with Crippen LogP contribution < -0.4 is 9.64 Å². The molecule has 1 spiro atoms. The Kier molecular flexibility index (Phi) is 4.45. The summed E-state index contributed by atoms with van der Waals surface area (Å²) in [6.45, 7) is 1.46. The molecule has 0 aliphatic carbocycles. The lowest BCUT2D eigenvalue weighted by atomic mass is 10.1. The lowest BCUT2D eigenvalue weighted by Crippen LogP contribution is -2.42. The second-order valence-electron chi connectivity index (χ2n) is 5.71. The third-order valence-corrected chi connectivity index (χ3v) is 5.04. The van der Waals surface area contributed by atoms with Crippen molar-refractivity contribution < 1.29 is 19.0 Å². The van der Waals surface area contributed by atoms with Gasteiger partial charge in [0.1, 0.15) is 12.4 Å². The van der Waals surface area contributed by atoms with E-state index in [2.05, 4.69) is 15.9 Å². The molecule has 1 saturated heterocycles. The van der Waals surface area contributed by atoms with E-state index in [1.54, 1.807) is 17.0 Å². The monoisotopic (exact) mass is 423 g/mol. The van der Waals surface area contributed by atoms with E-state index < -0.39 is 5.79 Å². The Morgan fingerprint density at radius 1 is 1.20 bits per heavy atom. The Bertz CT molecular complexity index is 822. The number of rotatable bonds is 4. The second kappa shape index (κ2) is 6.61. The van der Waals surface area contributed by atoms with Gasteiger partial charge in [-0.15, -0.1) is 0 Å². The molecule has 0 radical (unpaired) electrons. The summed E-state index contributed by atoms with van der Waals surface area (Å²) < 4.78 is 18.0. The van der Waals surface area contributed by atoms with E-state index in [0.717, 1.165) is 15.7 Å². The standard InChI is InChI=1S/C18H15BrClNO4/c19-12-5-6-15-13(11-12)18(24-9-10-25-18)17(22)21(15)7-8-23-16-4-2-1-3-14(16)20/h1-6,11H,7-10H2. The second-order valence-corrected chi connectivity index (χ2v) is 7.03. The van der Waals surface area contributed by atoms with Crippen LogP contribution in [0, 0.1) is 0 Å². The van der Waals surface area contributed by atoms with Gasteiger partial charge in [-0.25, -0.2) is 0 Å². The number of fused-ring (bicyclic) bond motifs is 2. The summed E-state index contributed by atoms with van der Waals surface area (Å²) in [4.78, 5) is 14.6. The number of amides is 1. The molecule has 0 bridgehead atoms. The molecule has 2 aromatic rings. The highest BCUT2D eigenvalue weighted by Gasteiger charge is 2.56. The molecule has 130 valence electrons. The summed E-state index contributed by atoms with van der Waals surface area (Å²) in [5.74, 6) is -0.959. The number of benzene rings is 2. The van der Waals surface area contributed by atoms with Crippen LogP contribution in [0.15, 0.2) is 46.9 Å². The zero-order chi connectivity index (χ0) is 17.4. The Morgan fingerprint density at radius 2 is 1.96 bits per heavy atom. The van der Waals surface area contributed by atoms with Crippen molar-refractivity contribution in [3.8, 4) is 5.75 Å². The van der Waals surface area contributed by atoms with Crippen molar-refractivity contribution in [2.45, 2.75) is 5.79 Å². The van der Waals surface area contributed by atoms with Crippen LogP contribution in [0.1, 0.15) is 5.56 Å². The average molecular weight is 425 g/mol.